The third-order valence-corrected chi connectivity index (χ3v) is 7.03. The Morgan fingerprint density at radius 2 is 2.00 bits per heavy atom. The van der Waals surface area contributed by atoms with Crippen molar-refractivity contribution >= 4 is 46.0 Å². The first-order valence-corrected chi connectivity index (χ1v) is 11.7. The molecular weight excluding hydrogens is 416 g/mol. The minimum atomic E-state index is 0.731. The topological polar surface area (TPSA) is 43.6 Å². The highest BCUT2D eigenvalue weighted by atomic mass is 35.5. The van der Waals surface area contributed by atoms with E-state index in [4.69, 9.17) is 16.6 Å². The van der Waals surface area contributed by atoms with Gasteiger partial charge >= 0.3 is 0 Å². The number of hydrogen-bond donors (Lipinski definition) is 0. The first-order chi connectivity index (χ1) is 13.3. The van der Waals surface area contributed by atoms with Crippen molar-refractivity contribution in [1.82, 2.24) is 19.7 Å². The highest BCUT2D eigenvalue weighted by molar-refractivity contribution is 7.98. The molecule has 8 heteroatoms. The molecule has 0 saturated heterocycles. The van der Waals surface area contributed by atoms with E-state index in [1.807, 2.05) is 30.3 Å². The molecule has 4 aromatic rings. The van der Waals surface area contributed by atoms with Gasteiger partial charge in [0.2, 0.25) is 0 Å². The molecule has 4 nitrogen and oxygen atoms in total. The molecule has 0 amide bonds. The predicted octanol–water partition coefficient (Wildman–Crippen LogP) is 6.49. The second kappa shape index (κ2) is 8.56. The van der Waals surface area contributed by atoms with Crippen LogP contribution in [0.25, 0.3) is 21.3 Å². The van der Waals surface area contributed by atoms with Crippen molar-refractivity contribution < 1.29 is 0 Å². The van der Waals surface area contributed by atoms with E-state index in [1.54, 1.807) is 34.4 Å². The van der Waals surface area contributed by atoms with E-state index in [-0.39, 0.29) is 0 Å². The van der Waals surface area contributed by atoms with E-state index in [0.717, 1.165) is 55.9 Å². The average Bonchev–Trinajstić information content (AvgIpc) is 3.42. The van der Waals surface area contributed by atoms with E-state index in [9.17, 15) is 0 Å². The Balaban J connectivity index is 1.52. The van der Waals surface area contributed by atoms with Gasteiger partial charge in [0, 0.05) is 23.2 Å². The van der Waals surface area contributed by atoms with Crippen LogP contribution in [0.2, 0.25) is 5.02 Å². The third kappa shape index (κ3) is 4.11. The van der Waals surface area contributed by atoms with Crippen molar-refractivity contribution in [1.29, 1.82) is 0 Å². The van der Waals surface area contributed by atoms with Gasteiger partial charge in [0.1, 0.15) is 5.01 Å². The van der Waals surface area contributed by atoms with Crippen molar-refractivity contribution in [3.05, 3.63) is 57.9 Å². The summed E-state index contributed by atoms with van der Waals surface area (Å²) in [5.41, 5.74) is 2.01. The number of aromatic nitrogens is 4. The van der Waals surface area contributed by atoms with E-state index >= 15 is 0 Å². The Morgan fingerprint density at radius 3 is 2.78 bits per heavy atom. The van der Waals surface area contributed by atoms with Crippen molar-refractivity contribution in [3.8, 4) is 21.3 Å². The first-order valence-electron chi connectivity index (χ1n) is 8.55. The molecule has 0 spiro atoms. The monoisotopic (exact) mass is 432 g/mol. The van der Waals surface area contributed by atoms with Crippen LogP contribution in [-0.4, -0.2) is 19.7 Å². The molecule has 3 aromatic heterocycles. The molecule has 0 aliphatic rings. The molecule has 0 fully saturated rings. The highest BCUT2D eigenvalue weighted by Gasteiger charge is 2.15. The largest absolute Gasteiger partial charge is 0.301 e. The van der Waals surface area contributed by atoms with Crippen molar-refractivity contribution in [2.45, 2.75) is 30.8 Å². The van der Waals surface area contributed by atoms with Crippen molar-refractivity contribution in [2.75, 3.05) is 0 Å². The minimum absolute atomic E-state index is 0.731. The number of benzene rings is 1. The number of rotatable bonds is 7. The maximum atomic E-state index is 6.29. The van der Waals surface area contributed by atoms with Gasteiger partial charge in [0.25, 0.3) is 0 Å². The molecule has 1 aromatic carbocycles. The highest BCUT2D eigenvalue weighted by Crippen LogP contribution is 2.33. The summed E-state index contributed by atoms with van der Waals surface area (Å²) in [6, 6.07) is 11.9. The molecule has 0 aliphatic carbocycles. The van der Waals surface area contributed by atoms with Crippen LogP contribution in [0.4, 0.5) is 0 Å². The van der Waals surface area contributed by atoms with Gasteiger partial charge in [-0.15, -0.1) is 32.9 Å². The van der Waals surface area contributed by atoms with Crippen molar-refractivity contribution in [3.63, 3.8) is 0 Å². The summed E-state index contributed by atoms with van der Waals surface area (Å²) in [5, 5.41) is 15.6. The zero-order valence-electron chi connectivity index (χ0n) is 14.6. The Morgan fingerprint density at radius 1 is 1.11 bits per heavy atom. The van der Waals surface area contributed by atoms with Crippen LogP contribution in [-0.2, 0) is 12.3 Å². The molecule has 0 N–H and O–H groups in total. The molecule has 3 heterocycles. The molecule has 27 heavy (non-hydrogen) atoms. The normalized spacial score (nSPS) is 11.2. The van der Waals surface area contributed by atoms with Gasteiger partial charge < -0.3 is 4.57 Å². The van der Waals surface area contributed by atoms with Crippen molar-refractivity contribution in [2.24, 2.45) is 0 Å². The molecule has 4 rings (SSSR count). The van der Waals surface area contributed by atoms with Crippen LogP contribution >= 0.6 is 46.0 Å². The third-order valence-electron chi connectivity index (χ3n) is 3.91. The van der Waals surface area contributed by atoms with E-state index < -0.39 is 0 Å². The first kappa shape index (κ1) is 18.7. The summed E-state index contributed by atoms with van der Waals surface area (Å²) >= 11 is 11.3. The fourth-order valence-corrected chi connectivity index (χ4v) is 5.50. The number of nitrogens with zero attached hydrogens (tertiary/aromatic N) is 4. The number of thiazole rings is 1. The summed E-state index contributed by atoms with van der Waals surface area (Å²) in [7, 11) is 0. The van der Waals surface area contributed by atoms with E-state index in [2.05, 4.69) is 38.5 Å². The Kier molecular flexibility index (Phi) is 5.92. The number of thiophene rings is 1. The van der Waals surface area contributed by atoms with Gasteiger partial charge in [-0.05, 0) is 23.9 Å². The lowest BCUT2D eigenvalue weighted by Crippen LogP contribution is -2.01. The SMILES string of the molecule is CCCn1c(SCc2csc(-c3ccccc3Cl)n2)nnc1-c1cccs1. The van der Waals surface area contributed by atoms with Crippen LogP contribution in [0.15, 0.2) is 52.3 Å². The standard InChI is InChI=1S/C19H17ClN4S3/c1-2-9-24-17(16-8-5-10-25-16)22-23-19(24)27-12-13-11-26-18(21-13)14-6-3-4-7-15(14)20/h3-8,10-11H,2,9,12H2,1H3. The van der Waals surface area contributed by atoms with Gasteiger partial charge in [0.15, 0.2) is 11.0 Å². The lowest BCUT2D eigenvalue weighted by atomic mass is 10.2. The lowest BCUT2D eigenvalue weighted by molar-refractivity contribution is 0.627. The maximum Gasteiger partial charge on any atom is 0.191 e. The van der Waals surface area contributed by atoms with E-state index in [0.29, 0.717) is 0 Å². The molecule has 0 radical (unpaired) electrons. The molecular formula is C19H17ClN4S3. The van der Waals surface area contributed by atoms with Gasteiger partial charge in [-0.25, -0.2) is 4.98 Å². The fourth-order valence-electron chi connectivity index (χ4n) is 2.68. The second-order valence-corrected chi connectivity index (χ2v) is 9.00. The van der Waals surface area contributed by atoms with Gasteiger partial charge in [0.05, 0.1) is 15.6 Å². The van der Waals surface area contributed by atoms with E-state index in [1.165, 1.54) is 0 Å². The predicted molar refractivity (Wildman–Crippen MR) is 116 cm³/mol. The van der Waals surface area contributed by atoms with Gasteiger partial charge in [-0.1, -0.05) is 54.6 Å². The average molecular weight is 433 g/mol. The van der Waals surface area contributed by atoms with Crippen LogP contribution in [0, 0.1) is 0 Å². The summed E-state index contributed by atoms with van der Waals surface area (Å²) < 4.78 is 2.21. The molecule has 0 aliphatic heterocycles. The molecule has 0 atom stereocenters. The van der Waals surface area contributed by atoms with Crippen LogP contribution in [0.5, 0.6) is 0 Å². The fraction of sp³-hybridized carbons (Fsp3) is 0.211. The van der Waals surface area contributed by atoms with Crippen LogP contribution < -0.4 is 0 Å². The molecule has 138 valence electrons. The number of halogens is 1. The van der Waals surface area contributed by atoms with Gasteiger partial charge in [-0.3, -0.25) is 0 Å². The smallest absolute Gasteiger partial charge is 0.191 e. The number of hydrogen-bond acceptors (Lipinski definition) is 6. The zero-order valence-corrected chi connectivity index (χ0v) is 17.8. The van der Waals surface area contributed by atoms with Crippen LogP contribution in [0.3, 0.4) is 0 Å². The molecule has 0 saturated carbocycles. The molecule has 0 bridgehead atoms. The molecule has 0 unspecified atom stereocenters. The Labute approximate surface area is 175 Å². The quantitative estimate of drug-likeness (QED) is 0.313. The second-order valence-electron chi connectivity index (χ2n) is 5.85. The summed E-state index contributed by atoms with van der Waals surface area (Å²) in [6.07, 6.45) is 1.04. The summed E-state index contributed by atoms with van der Waals surface area (Å²) in [5.74, 6) is 1.71. The van der Waals surface area contributed by atoms with Crippen LogP contribution in [0.1, 0.15) is 19.0 Å². The van der Waals surface area contributed by atoms with Gasteiger partial charge in [-0.2, -0.15) is 0 Å². The Bertz CT molecular complexity index is 1020. The minimum Gasteiger partial charge on any atom is -0.301 e. The maximum absolute atomic E-state index is 6.29. The Hall–Kier alpha value is -1.67. The number of thioether (sulfide) groups is 1. The zero-order chi connectivity index (χ0) is 18.6. The lowest BCUT2D eigenvalue weighted by Gasteiger charge is -2.07. The summed E-state index contributed by atoms with van der Waals surface area (Å²) in [6.45, 7) is 3.08. The summed E-state index contributed by atoms with van der Waals surface area (Å²) in [4.78, 5) is 5.90.